The van der Waals surface area contributed by atoms with Crippen LogP contribution in [-0.2, 0) is 4.79 Å². The zero-order valence-corrected chi connectivity index (χ0v) is 15.6. The summed E-state index contributed by atoms with van der Waals surface area (Å²) in [5, 5.41) is 7.38. The Morgan fingerprint density at radius 2 is 1.81 bits per heavy atom. The third kappa shape index (κ3) is 3.99. The second-order valence-corrected chi connectivity index (χ2v) is 7.08. The van der Waals surface area contributed by atoms with Crippen LogP contribution in [0.4, 0.5) is 5.13 Å². The van der Waals surface area contributed by atoms with Crippen molar-refractivity contribution in [2.45, 2.75) is 6.92 Å². The van der Waals surface area contributed by atoms with Gasteiger partial charge in [-0.3, -0.25) is 10.1 Å². The lowest BCUT2D eigenvalue weighted by molar-refractivity contribution is -0.118. The number of aromatic nitrogens is 1. The molecule has 0 unspecified atom stereocenters. The number of amides is 1. The van der Waals surface area contributed by atoms with Gasteiger partial charge in [-0.1, -0.05) is 66.2 Å². The number of aryl methyl sites for hydroxylation is 1. The number of anilines is 1. The summed E-state index contributed by atoms with van der Waals surface area (Å²) in [5.74, 6) is 0.468. The lowest BCUT2D eigenvalue weighted by atomic mass is 10.1. The first-order valence-corrected chi connectivity index (χ1v) is 9.50. The van der Waals surface area contributed by atoms with E-state index in [0.717, 1.165) is 22.0 Å². The molecule has 1 aromatic heterocycles. The summed E-state index contributed by atoms with van der Waals surface area (Å²) in [6.45, 7) is 1.99. The zero-order chi connectivity index (χ0) is 18.6. The second kappa shape index (κ2) is 7.60. The fourth-order valence-corrected chi connectivity index (χ4v) is 3.54. The number of hydrogen-bond acceptors (Lipinski definition) is 4. The Hall–Kier alpha value is -3.18. The molecule has 4 aromatic rings. The number of carbonyl (C=O) groups is 1. The van der Waals surface area contributed by atoms with Gasteiger partial charge in [0, 0.05) is 16.3 Å². The summed E-state index contributed by atoms with van der Waals surface area (Å²) in [5.41, 5.74) is 3.09. The first-order chi connectivity index (χ1) is 13.2. The van der Waals surface area contributed by atoms with E-state index in [1.54, 1.807) is 0 Å². The molecule has 1 amide bonds. The van der Waals surface area contributed by atoms with E-state index in [9.17, 15) is 4.79 Å². The smallest absolute Gasteiger partial charge is 0.264 e. The molecule has 0 radical (unpaired) electrons. The quantitative estimate of drug-likeness (QED) is 0.516. The monoisotopic (exact) mass is 374 g/mol. The van der Waals surface area contributed by atoms with Gasteiger partial charge in [-0.15, -0.1) is 11.3 Å². The highest BCUT2D eigenvalue weighted by Crippen LogP contribution is 2.26. The first kappa shape index (κ1) is 17.2. The fourth-order valence-electron chi connectivity index (χ4n) is 2.81. The number of fused-ring (bicyclic) bond motifs is 1. The third-order valence-electron chi connectivity index (χ3n) is 4.21. The van der Waals surface area contributed by atoms with Crippen molar-refractivity contribution in [1.82, 2.24) is 4.98 Å². The number of benzene rings is 3. The van der Waals surface area contributed by atoms with E-state index in [2.05, 4.69) is 10.3 Å². The SMILES string of the molecule is Cc1ccc(-c2csc(NC(=O)COc3cccc4ccccc34)n2)cc1. The predicted octanol–water partition coefficient (Wildman–Crippen LogP) is 5.29. The minimum atomic E-state index is -0.229. The average Bonchev–Trinajstić information content (AvgIpc) is 3.15. The van der Waals surface area contributed by atoms with Crippen molar-refractivity contribution in [3.05, 3.63) is 77.7 Å². The van der Waals surface area contributed by atoms with Gasteiger partial charge in [0.1, 0.15) is 5.75 Å². The maximum Gasteiger partial charge on any atom is 0.264 e. The maximum absolute atomic E-state index is 12.2. The molecule has 0 atom stereocenters. The highest BCUT2D eigenvalue weighted by atomic mass is 32.1. The Morgan fingerprint density at radius 1 is 1.04 bits per heavy atom. The van der Waals surface area contributed by atoms with E-state index in [-0.39, 0.29) is 12.5 Å². The van der Waals surface area contributed by atoms with Crippen LogP contribution >= 0.6 is 11.3 Å². The molecule has 0 bridgehead atoms. The molecule has 134 valence electrons. The van der Waals surface area contributed by atoms with Gasteiger partial charge in [-0.2, -0.15) is 0 Å². The van der Waals surface area contributed by atoms with Gasteiger partial charge in [0.05, 0.1) is 5.69 Å². The molecule has 4 nitrogen and oxygen atoms in total. The van der Waals surface area contributed by atoms with Gasteiger partial charge in [-0.05, 0) is 18.4 Å². The summed E-state index contributed by atoms with van der Waals surface area (Å²) >= 11 is 1.40. The number of thiazole rings is 1. The Labute approximate surface area is 161 Å². The van der Waals surface area contributed by atoms with E-state index in [1.807, 2.05) is 79.0 Å². The fraction of sp³-hybridized carbons (Fsp3) is 0.0909. The van der Waals surface area contributed by atoms with Crippen LogP contribution in [0.3, 0.4) is 0 Å². The van der Waals surface area contributed by atoms with Crippen LogP contribution < -0.4 is 10.1 Å². The standard InChI is InChI=1S/C22H18N2O2S/c1-15-9-11-17(12-10-15)19-14-27-22(23-19)24-21(25)13-26-20-8-4-6-16-5-2-3-7-18(16)20/h2-12,14H,13H2,1H3,(H,23,24,25). The van der Waals surface area contributed by atoms with Crippen molar-refractivity contribution in [2.24, 2.45) is 0 Å². The molecule has 4 rings (SSSR count). The molecule has 3 aromatic carbocycles. The average molecular weight is 374 g/mol. The lowest BCUT2D eigenvalue weighted by Gasteiger charge is -2.08. The van der Waals surface area contributed by atoms with Crippen LogP contribution in [-0.4, -0.2) is 17.5 Å². The van der Waals surface area contributed by atoms with Crippen LogP contribution in [0.5, 0.6) is 5.75 Å². The molecule has 0 aliphatic rings. The Kier molecular flexibility index (Phi) is 4.85. The van der Waals surface area contributed by atoms with E-state index < -0.39 is 0 Å². The molecule has 0 aliphatic carbocycles. The second-order valence-electron chi connectivity index (χ2n) is 6.22. The van der Waals surface area contributed by atoms with Crippen molar-refractivity contribution in [1.29, 1.82) is 0 Å². The molecule has 5 heteroatoms. The highest BCUT2D eigenvalue weighted by Gasteiger charge is 2.10. The third-order valence-corrected chi connectivity index (χ3v) is 4.96. The van der Waals surface area contributed by atoms with Crippen molar-refractivity contribution in [3.8, 4) is 17.0 Å². The summed E-state index contributed by atoms with van der Waals surface area (Å²) < 4.78 is 5.72. The number of ether oxygens (including phenoxy) is 1. The Balaban J connectivity index is 1.40. The summed E-state index contributed by atoms with van der Waals surface area (Å²) in [6, 6.07) is 21.9. The minimum Gasteiger partial charge on any atom is -0.483 e. The van der Waals surface area contributed by atoms with E-state index in [0.29, 0.717) is 10.9 Å². The molecule has 1 N–H and O–H groups in total. The first-order valence-electron chi connectivity index (χ1n) is 8.62. The number of carbonyl (C=O) groups excluding carboxylic acids is 1. The van der Waals surface area contributed by atoms with Gasteiger partial charge in [0.2, 0.25) is 0 Å². The highest BCUT2D eigenvalue weighted by molar-refractivity contribution is 7.14. The number of nitrogens with zero attached hydrogens (tertiary/aromatic N) is 1. The predicted molar refractivity (Wildman–Crippen MR) is 110 cm³/mol. The molecular formula is C22H18N2O2S. The number of rotatable bonds is 5. The van der Waals surface area contributed by atoms with Crippen LogP contribution in [0, 0.1) is 6.92 Å². The summed E-state index contributed by atoms with van der Waals surface area (Å²) in [6.07, 6.45) is 0. The molecule has 0 fully saturated rings. The van der Waals surface area contributed by atoms with E-state index in [4.69, 9.17) is 4.74 Å². The molecule has 0 aliphatic heterocycles. The van der Waals surface area contributed by atoms with Crippen molar-refractivity contribution >= 4 is 33.1 Å². The van der Waals surface area contributed by atoms with Crippen molar-refractivity contribution in [3.63, 3.8) is 0 Å². The Morgan fingerprint density at radius 3 is 2.67 bits per heavy atom. The number of hydrogen-bond donors (Lipinski definition) is 1. The molecular weight excluding hydrogens is 356 g/mol. The number of nitrogens with one attached hydrogen (secondary N) is 1. The van der Waals surface area contributed by atoms with Gasteiger partial charge in [0.15, 0.2) is 11.7 Å². The molecule has 27 heavy (non-hydrogen) atoms. The lowest BCUT2D eigenvalue weighted by Crippen LogP contribution is -2.20. The van der Waals surface area contributed by atoms with Crippen LogP contribution in [0.25, 0.3) is 22.0 Å². The molecule has 0 saturated carbocycles. The van der Waals surface area contributed by atoms with Crippen LogP contribution in [0.15, 0.2) is 72.1 Å². The molecule has 0 spiro atoms. The Bertz CT molecular complexity index is 1080. The largest absolute Gasteiger partial charge is 0.483 e. The van der Waals surface area contributed by atoms with Gasteiger partial charge in [-0.25, -0.2) is 4.98 Å². The molecule has 0 saturated heterocycles. The van der Waals surface area contributed by atoms with Crippen molar-refractivity contribution < 1.29 is 9.53 Å². The summed E-state index contributed by atoms with van der Waals surface area (Å²) in [7, 11) is 0. The van der Waals surface area contributed by atoms with Gasteiger partial charge < -0.3 is 4.74 Å². The topological polar surface area (TPSA) is 51.2 Å². The van der Waals surface area contributed by atoms with E-state index in [1.165, 1.54) is 16.9 Å². The maximum atomic E-state index is 12.2. The molecule has 1 heterocycles. The van der Waals surface area contributed by atoms with Crippen molar-refractivity contribution in [2.75, 3.05) is 11.9 Å². The van der Waals surface area contributed by atoms with Crippen LogP contribution in [0.2, 0.25) is 0 Å². The van der Waals surface area contributed by atoms with Gasteiger partial charge in [0.25, 0.3) is 5.91 Å². The zero-order valence-electron chi connectivity index (χ0n) is 14.8. The normalized spacial score (nSPS) is 10.7. The van der Waals surface area contributed by atoms with Gasteiger partial charge >= 0.3 is 0 Å². The summed E-state index contributed by atoms with van der Waals surface area (Å²) in [4.78, 5) is 16.7. The minimum absolute atomic E-state index is 0.0621. The van der Waals surface area contributed by atoms with Crippen LogP contribution in [0.1, 0.15) is 5.56 Å². The van der Waals surface area contributed by atoms with E-state index >= 15 is 0 Å².